The molecule has 24 heavy (non-hydrogen) atoms. The number of hydrogen-bond acceptors (Lipinski definition) is 3. The summed E-state index contributed by atoms with van der Waals surface area (Å²) in [5, 5.41) is 2.62. The summed E-state index contributed by atoms with van der Waals surface area (Å²) in [6.45, 7) is 1.74. The first kappa shape index (κ1) is 17.7. The normalized spacial score (nSPS) is 11.8. The smallest absolute Gasteiger partial charge is 0.246 e. The summed E-state index contributed by atoms with van der Waals surface area (Å²) in [7, 11) is -3.50. The van der Waals surface area contributed by atoms with Crippen LogP contribution in [-0.2, 0) is 14.8 Å². The molecule has 0 heterocycles. The zero-order valence-corrected chi connectivity index (χ0v) is 14.2. The van der Waals surface area contributed by atoms with Crippen LogP contribution < -0.4 is 10.0 Å². The van der Waals surface area contributed by atoms with Gasteiger partial charge in [-0.2, -0.15) is 0 Å². The Morgan fingerprint density at radius 3 is 2.21 bits per heavy atom. The average Bonchev–Trinajstić information content (AvgIpc) is 2.56. The van der Waals surface area contributed by atoms with Crippen LogP contribution in [0, 0.1) is 0 Å². The fourth-order valence-electron chi connectivity index (χ4n) is 2.04. The quantitative estimate of drug-likeness (QED) is 0.758. The maximum Gasteiger partial charge on any atom is 0.246 e. The summed E-state index contributed by atoms with van der Waals surface area (Å²) in [6, 6.07) is 18.1. The monoisotopic (exact) mass is 344 g/mol. The van der Waals surface area contributed by atoms with E-state index < -0.39 is 10.0 Å². The number of para-hydroxylation sites is 1. The Kier molecular flexibility index (Phi) is 6.14. The second-order valence-electron chi connectivity index (χ2n) is 5.28. The Morgan fingerprint density at radius 2 is 1.58 bits per heavy atom. The molecule has 2 N–H and O–H groups in total. The predicted molar refractivity (Wildman–Crippen MR) is 97.0 cm³/mol. The van der Waals surface area contributed by atoms with Crippen LogP contribution in [0.15, 0.2) is 66.2 Å². The molecule has 126 valence electrons. The molecule has 2 aromatic carbocycles. The molecule has 0 unspecified atom stereocenters. The number of carbonyl (C=O) groups is 1. The maximum atomic E-state index is 12.0. The van der Waals surface area contributed by atoms with Crippen LogP contribution in [0.3, 0.4) is 0 Å². The summed E-state index contributed by atoms with van der Waals surface area (Å²) in [6.07, 6.45) is 1.76. The van der Waals surface area contributed by atoms with Gasteiger partial charge in [0.05, 0.1) is 5.75 Å². The van der Waals surface area contributed by atoms with Crippen LogP contribution in [0.1, 0.15) is 12.5 Å². The summed E-state index contributed by atoms with van der Waals surface area (Å²) < 4.78 is 26.4. The first-order valence-corrected chi connectivity index (χ1v) is 9.18. The zero-order chi connectivity index (χ0) is 17.4. The van der Waals surface area contributed by atoms with Gasteiger partial charge in [-0.3, -0.25) is 9.52 Å². The molecule has 0 aliphatic heterocycles. The topological polar surface area (TPSA) is 75.3 Å². The van der Waals surface area contributed by atoms with Crippen molar-refractivity contribution < 1.29 is 13.2 Å². The van der Waals surface area contributed by atoms with Crippen molar-refractivity contribution in [1.29, 1.82) is 0 Å². The first-order valence-electron chi connectivity index (χ1n) is 7.53. The molecule has 0 radical (unpaired) electrons. The predicted octanol–water partition coefficient (Wildman–Crippen LogP) is 2.65. The Bertz CT molecular complexity index is 801. The molecule has 0 saturated heterocycles. The van der Waals surface area contributed by atoms with E-state index in [1.807, 2.05) is 30.3 Å². The van der Waals surface area contributed by atoms with Crippen molar-refractivity contribution in [2.45, 2.75) is 6.92 Å². The van der Waals surface area contributed by atoms with Gasteiger partial charge in [-0.25, -0.2) is 8.42 Å². The highest BCUT2D eigenvalue weighted by Crippen LogP contribution is 2.08. The van der Waals surface area contributed by atoms with E-state index in [1.165, 1.54) is 0 Å². The van der Waals surface area contributed by atoms with Crippen LogP contribution in [0.4, 0.5) is 5.69 Å². The van der Waals surface area contributed by atoms with Gasteiger partial charge in [-0.05, 0) is 30.7 Å². The van der Waals surface area contributed by atoms with E-state index in [2.05, 4.69) is 10.0 Å². The van der Waals surface area contributed by atoms with E-state index in [4.69, 9.17) is 0 Å². The van der Waals surface area contributed by atoms with E-state index in [9.17, 15) is 13.2 Å². The van der Waals surface area contributed by atoms with Crippen molar-refractivity contribution in [2.24, 2.45) is 0 Å². The Balaban J connectivity index is 1.84. The van der Waals surface area contributed by atoms with Gasteiger partial charge in [-0.15, -0.1) is 0 Å². The van der Waals surface area contributed by atoms with Gasteiger partial charge in [0.15, 0.2) is 0 Å². The lowest BCUT2D eigenvalue weighted by atomic mass is 10.1. The molecule has 1 amide bonds. The number of hydrogen-bond donors (Lipinski definition) is 2. The Hall–Kier alpha value is -2.60. The molecule has 0 aromatic heterocycles. The summed E-state index contributed by atoms with van der Waals surface area (Å²) in [5.41, 5.74) is 1.95. The summed E-state index contributed by atoms with van der Waals surface area (Å²) in [4.78, 5) is 12.0. The van der Waals surface area contributed by atoms with Gasteiger partial charge < -0.3 is 5.32 Å². The number of amides is 1. The van der Waals surface area contributed by atoms with Crippen molar-refractivity contribution in [1.82, 2.24) is 5.32 Å². The van der Waals surface area contributed by atoms with Crippen molar-refractivity contribution in [3.8, 4) is 0 Å². The molecule has 2 aromatic rings. The van der Waals surface area contributed by atoms with Crippen molar-refractivity contribution in [2.75, 3.05) is 17.0 Å². The lowest BCUT2D eigenvalue weighted by Gasteiger charge is -2.09. The minimum absolute atomic E-state index is 0.0426. The van der Waals surface area contributed by atoms with Gasteiger partial charge in [0.25, 0.3) is 0 Å². The van der Waals surface area contributed by atoms with Crippen molar-refractivity contribution >= 4 is 27.7 Å². The standard InChI is InChI=1S/C18H20N2O3S/c1-15(14-16-8-4-2-5-9-16)18(21)19-12-13-24(22,23)20-17-10-6-3-7-11-17/h2-11,14,20H,12-13H2,1H3,(H,19,21)/b15-14+. The lowest BCUT2D eigenvalue weighted by Crippen LogP contribution is -2.31. The van der Waals surface area contributed by atoms with Gasteiger partial charge in [0.1, 0.15) is 0 Å². The van der Waals surface area contributed by atoms with Gasteiger partial charge >= 0.3 is 0 Å². The third-order valence-electron chi connectivity index (χ3n) is 3.24. The lowest BCUT2D eigenvalue weighted by molar-refractivity contribution is -0.117. The SMILES string of the molecule is C/C(=C\c1ccccc1)C(=O)NCCS(=O)(=O)Nc1ccccc1. The molecule has 5 nitrogen and oxygen atoms in total. The van der Waals surface area contributed by atoms with E-state index >= 15 is 0 Å². The number of benzene rings is 2. The van der Waals surface area contributed by atoms with Gasteiger partial charge in [0, 0.05) is 17.8 Å². The van der Waals surface area contributed by atoms with E-state index in [0.29, 0.717) is 11.3 Å². The molecule has 0 saturated carbocycles. The number of anilines is 1. The molecule has 0 aliphatic carbocycles. The highest BCUT2D eigenvalue weighted by molar-refractivity contribution is 7.92. The maximum absolute atomic E-state index is 12.0. The van der Waals surface area contributed by atoms with Crippen LogP contribution in [-0.4, -0.2) is 26.6 Å². The van der Waals surface area contributed by atoms with Crippen LogP contribution in [0.25, 0.3) is 6.08 Å². The van der Waals surface area contributed by atoms with E-state index in [-0.39, 0.29) is 18.2 Å². The van der Waals surface area contributed by atoms with Crippen LogP contribution in [0.5, 0.6) is 0 Å². The molecule has 0 fully saturated rings. The molecule has 6 heteroatoms. The highest BCUT2D eigenvalue weighted by atomic mass is 32.2. The fraction of sp³-hybridized carbons (Fsp3) is 0.167. The molecule has 0 spiro atoms. The molecular formula is C18H20N2O3S. The van der Waals surface area contributed by atoms with Gasteiger partial charge in [-0.1, -0.05) is 48.5 Å². The van der Waals surface area contributed by atoms with Gasteiger partial charge in [0.2, 0.25) is 15.9 Å². The average molecular weight is 344 g/mol. The van der Waals surface area contributed by atoms with E-state index in [1.54, 1.807) is 43.3 Å². The minimum Gasteiger partial charge on any atom is -0.351 e. The second-order valence-corrected chi connectivity index (χ2v) is 7.12. The second kappa shape index (κ2) is 8.31. The number of sulfonamides is 1. The summed E-state index contributed by atoms with van der Waals surface area (Å²) in [5.74, 6) is -0.472. The Morgan fingerprint density at radius 1 is 1.00 bits per heavy atom. The molecule has 0 bridgehead atoms. The number of nitrogens with one attached hydrogen (secondary N) is 2. The van der Waals surface area contributed by atoms with Crippen molar-refractivity contribution in [3.63, 3.8) is 0 Å². The molecule has 2 rings (SSSR count). The first-order chi connectivity index (χ1) is 11.5. The van der Waals surface area contributed by atoms with E-state index in [0.717, 1.165) is 5.56 Å². The largest absolute Gasteiger partial charge is 0.351 e. The molecular weight excluding hydrogens is 324 g/mol. The fourth-order valence-corrected chi connectivity index (χ4v) is 3.01. The third-order valence-corrected chi connectivity index (χ3v) is 4.53. The molecule has 0 aliphatic rings. The highest BCUT2D eigenvalue weighted by Gasteiger charge is 2.11. The summed E-state index contributed by atoms with van der Waals surface area (Å²) >= 11 is 0. The number of rotatable bonds is 7. The van der Waals surface area contributed by atoms with Crippen LogP contribution >= 0.6 is 0 Å². The van der Waals surface area contributed by atoms with Crippen molar-refractivity contribution in [3.05, 3.63) is 71.8 Å². The zero-order valence-electron chi connectivity index (χ0n) is 13.4. The Labute approximate surface area is 142 Å². The third kappa shape index (κ3) is 5.89. The minimum atomic E-state index is -3.50. The molecule has 0 atom stereocenters. The number of carbonyl (C=O) groups excluding carboxylic acids is 1. The van der Waals surface area contributed by atoms with Crippen LogP contribution in [0.2, 0.25) is 0 Å².